The van der Waals surface area contributed by atoms with Crippen LogP contribution in [0.3, 0.4) is 0 Å². The highest BCUT2D eigenvalue weighted by atomic mass is 31.2. The summed E-state index contributed by atoms with van der Waals surface area (Å²) in [7, 11) is -2.89. The van der Waals surface area contributed by atoms with Crippen molar-refractivity contribution in [3.63, 3.8) is 0 Å². The van der Waals surface area contributed by atoms with Crippen LogP contribution in [0, 0.1) is 0 Å². The normalized spacial score (nSPS) is 19.5. The van der Waals surface area contributed by atoms with Crippen LogP contribution in [0.5, 0.6) is 0 Å². The van der Waals surface area contributed by atoms with E-state index >= 15 is 0 Å². The molecule has 12 nitrogen and oxygen atoms in total. The van der Waals surface area contributed by atoms with Crippen molar-refractivity contribution in [2.45, 2.75) is 86.0 Å². The Labute approximate surface area is 260 Å². The maximum Gasteiger partial charge on any atom is 0.320 e. The van der Waals surface area contributed by atoms with Gasteiger partial charge in [0.25, 0.3) is 0 Å². The maximum absolute atomic E-state index is 13.1. The zero-order valence-corrected chi connectivity index (χ0v) is 29.6. The molecule has 0 saturated carbocycles. The molecule has 252 valence electrons. The van der Waals surface area contributed by atoms with Gasteiger partial charge in [-0.1, -0.05) is 0 Å². The van der Waals surface area contributed by atoms with Crippen LogP contribution < -0.4 is 0 Å². The first-order valence-corrected chi connectivity index (χ1v) is 17.6. The highest BCUT2D eigenvalue weighted by Gasteiger charge is 2.27. The second-order valence-corrected chi connectivity index (χ2v) is 16.8. The largest absolute Gasteiger partial charge is 0.459 e. The number of nitrogens with zero attached hydrogens (tertiary/aromatic N) is 4. The fourth-order valence-electron chi connectivity index (χ4n) is 4.54. The lowest BCUT2D eigenvalue weighted by Crippen LogP contribution is -2.49. The molecule has 1 atom stereocenters. The van der Waals surface area contributed by atoms with Crippen molar-refractivity contribution in [2.75, 3.05) is 91.5 Å². The van der Waals surface area contributed by atoms with Crippen LogP contribution in [-0.2, 0) is 37.7 Å². The second-order valence-electron chi connectivity index (χ2n) is 14.3. The van der Waals surface area contributed by atoms with Gasteiger partial charge in [-0.2, -0.15) is 0 Å². The van der Waals surface area contributed by atoms with Gasteiger partial charge in [-0.3, -0.25) is 38.5 Å². The lowest BCUT2D eigenvalue weighted by atomic mass is 10.2. The average molecular weight is 635 g/mol. The zero-order chi connectivity index (χ0) is 33.1. The Hall–Kier alpha value is -1.56. The van der Waals surface area contributed by atoms with Gasteiger partial charge in [-0.15, -0.1) is 0 Å². The van der Waals surface area contributed by atoms with Crippen LogP contribution in [-0.4, -0.2) is 146 Å². The number of hydrogen-bond donors (Lipinski definition) is 0. The first-order chi connectivity index (χ1) is 19.6. The summed E-state index contributed by atoms with van der Waals surface area (Å²) in [6.45, 7) is 24.6. The highest BCUT2D eigenvalue weighted by molar-refractivity contribution is 7.58. The number of carbonyl (C=O) groups excluding carboxylic acids is 3. The zero-order valence-electron chi connectivity index (χ0n) is 28.7. The molecule has 1 rings (SSSR count). The van der Waals surface area contributed by atoms with E-state index in [-0.39, 0.29) is 43.8 Å². The number of esters is 3. The third-order valence-electron chi connectivity index (χ3n) is 6.11. The van der Waals surface area contributed by atoms with Crippen LogP contribution in [0.4, 0.5) is 0 Å². The molecule has 0 amide bonds. The van der Waals surface area contributed by atoms with E-state index < -0.39 is 24.2 Å². The van der Waals surface area contributed by atoms with Crippen molar-refractivity contribution in [2.24, 2.45) is 0 Å². The molecule has 1 saturated heterocycles. The number of rotatable bonds is 10. The second kappa shape index (κ2) is 17.2. The molecular weight excluding hydrogens is 575 g/mol. The molecule has 0 aromatic carbocycles. The minimum atomic E-state index is -2.89. The van der Waals surface area contributed by atoms with E-state index in [9.17, 15) is 18.9 Å². The smallest absolute Gasteiger partial charge is 0.320 e. The molecule has 13 heteroatoms. The first kappa shape index (κ1) is 39.5. The molecule has 1 aliphatic heterocycles. The standard InChI is InChI=1S/C30H59N4O8P/c1-12-39-43(11,38)24-34-19-17-32(22-26(36)41-29(5,6)7)15-13-31(21-25(35)40-28(2,3)4)14-16-33(18-20-34)23-27(37)42-30(8,9)10/h12-24H2,1-11H3. The van der Waals surface area contributed by atoms with Gasteiger partial charge >= 0.3 is 17.9 Å². The summed E-state index contributed by atoms with van der Waals surface area (Å²) in [5.41, 5.74) is -1.83. The van der Waals surface area contributed by atoms with Gasteiger partial charge in [-0.05, 0) is 69.2 Å². The van der Waals surface area contributed by atoms with Gasteiger partial charge in [0.2, 0.25) is 7.37 Å². The summed E-state index contributed by atoms with van der Waals surface area (Å²) in [6, 6.07) is 0. The Bertz CT molecular complexity index is 896. The molecule has 0 N–H and O–H groups in total. The summed E-state index contributed by atoms with van der Waals surface area (Å²) >= 11 is 0. The Morgan fingerprint density at radius 1 is 0.558 bits per heavy atom. The van der Waals surface area contributed by atoms with Crippen LogP contribution >= 0.6 is 7.37 Å². The van der Waals surface area contributed by atoms with Gasteiger partial charge in [0.1, 0.15) is 16.8 Å². The van der Waals surface area contributed by atoms with E-state index in [1.54, 1.807) is 6.66 Å². The molecule has 1 unspecified atom stereocenters. The summed E-state index contributed by atoms with van der Waals surface area (Å²) in [6.07, 6.45) is 0.256. The molecule has 0 aliphatic carbocycles. The number of carbonyl (C=O) groups is 3. The molecular formula is C30H59N4O8P. The van der Waals surface area contributed by atoms with Gasteiger partial charge in [0, 0.05) is 59.0 Å². The Balaban J connectivity index is 3.24. The SMILES string of the molecule is CCOP(C)(=O)CN1CCN(CC(=O)OC(C)(C)C)CCN(CC(=O)OC(C)(C)C)CCN(CC(=O)OC(C)(C)C)CC1. The molecule has 0 bridgehead atoms. The quantitative estimate of drug-likeness (QED) is 0.200. The van der Waals surface area contributed by atoms with Crippen molar-refractivity contribution in [3.05, 3.63) is 0 Å². The van der Waals surface area contributed by atoms with Gasteiger partial charge in [-0.25, -0.2) is 0 Å². The van der Waals surface area contributed by atoms with Crippen molar-refractivity contribution >= 4 is 25.3 Å². The minimum absolute atomic E-state index is 0.0807. The van der Waals surface area contributed by atoms with Gasteiger partial charge in [0.05, 0.1) is 32.5 Å². The summed E-state index contributed by atoms with van der Waals surface area (Å²) in [4.78, 5) is 46.4. The Morgan fingerprint density at radius 3 is 1.05 bits per heavy atom. The van der Waals surface area contributed by atoms with Crippen molar-refractivity contribution < 1.29 is 37.7 Å². The lowest BCUT2D eigenvalue weighted by Gasteiger charge is -2.35. The fourth-order valence-corrected chi connectivity index (χ4v) is 6.18. The molecule has 1 heterocycles. The number of ether oxygens (including phenoxy) is 3. The summed E-state index contributed by atoms with van der Waals surface area (Å²) in [5.74, 6) is -0.995. The van der Waals surface area contributed by atoms with Crippen molar-refractivity contribution in [3.8, 4) is 0 Å². The molecule has 1 fully saturated rings. The van der Waals surface area contributed by atoms with Gasteiger partial charge in [0.15, 0.2) is 0 Å². The first-order valence-electron chi connectivity index (χ1n) is 15.3. The molecule has 43 heavy (non-hydrogen) atoms. The van der Waals surface area contributed by atoms with E-state index in [1.165, 1.54) is 0 Å². The molecule has 0 spiro atoms. The number of hydrogen-bond acceptors (Lipinski definition) is 12. The lowest BCUT2D eigenvalue weighted by molar-refractivity contribution is -0.158. The summed E-state index contributed by atoms with van der Waals surface area (Å²) < 4.78 is 35.5. The van der Waals surface area contributed by atoms with E-state index in [0.717, 1.165) is 0 Å². The van der Waals surface area contributed by atoms with Crippen LogP contribution in [0.25, 0.3) is 0 Å². The predicted molar refractivity (Wildman–Crippen MR) is 168 cm³/mol. The average Bonchev–Trinajstić information content (AvgIpc) is 2.76. The highest BCUT2D eigenvalue weighted by Crippen LogP contribution is 2.42. The fraction of sp³-hybridized carbons (Fsp3) is 0.900. The maximum atomic E-state index is 13.1. The van der Waals surface area contributed by atoms with Crippen LogP contribution in [0.1, 0.15) is 69.2 Å². The van der Waals surface area contributed by atoms with Crippen LogP contribution in [0.2, 0.25) is 0 Å². The molecule has 0 aromatic heterocycles. The van der Waals surface area contributed by atoms with Gasteiger partial charge < -0.3 is 18.7 Å². The topological polar surface area (TPSA) is 118 Å². The van der Waals surface area contributed by atoms with E-state index in [1.807, 2.05) is 83.9 Å². The molecule has 0 radical (unpaired) electrons. The van der Waals surface area contributed by atoms with E-state index in [0.29, 0.717) is 59.0 Å². The van der Waals surface area contributed by atoms with Crippen molar-refractivity contribution in [1.82, 2.24) is 19.6 Å². The third-order valence-corrected chi connectivity index (χ3v) is 7.83. The minimum Gasteiger partial charge on any atom is -0.459 e. The van der Waals surface area contributed by atoms with Crippen LogP contribution in [0.15, 0.2) is 0 Å². The van der Waals surface area contributed by atoms with E-state index in [2.05, 4.69) is 4.90 Å². The predicted octanol–water partition coefficient (Wildman–Crippen LogP) is 3.14. The van der Waals surface area contributed by atoms with Crippen molar-refractivity contribution in [1.29, 1.82) is 0 Å². The summed E-state index contributed by atoms with van der Waals surface area (Å²) in [5, 5.41) is 0. The molecule has 1 aliphatic rings. The molecule has 0 aromatic rings. The third kappa shape index (κ3) is 20.2. The monoisotopic (exact) mass is 634 g/mol. The Kier molecular flexibility index (Phi) is 15.8. The van der Waals surface area contributed by atoms with E-state index in [4.69, 9.17) is 18.7 Å². The Morgan fingerprint density at radius 2 is 0.814 bits per heavy atom.